The predicted molar refractivity (Wildman–Crippen MR) is 63.5 cm³/mol. The second-order valence-corrected chi connectivity index (χ2v) is 3.34. The van der Waals surface area contributed by atoms with Crippen molar-refractivity contribution in [3.63, 3.8) is 0 Å². The summed E-state index contributed by atoms with van der Waals surface area (Å²) in [7, 11) is 0. The number of rotatable bonds is 2. The fourth-order valence-corrected chi connectivity index (χ4v) is 1.39. The van der Waals surface area contributed by atoms with E-state index < -0.39 is 0 Å². The van der Waals surface area contributed by atoms with Crippen LogP contribution in [0.2, 0.25) is 0 Å². The van der Waals surface area contributed by atoms with Crippen LogP contribution in [0.4, 0.5) is 0 Å². The van der Waals surface area contributed by atoms with E-state index in [1.165, 1.54) is 0 Å². The highest BCUT2D eigenvalue weighted by atomic mass is 16.3. The van der Waals surface area contributed by atoms with Crippen LogP contribution in [0.5, 0.6) is 5.75 Å². The number of benzene rings is 2. The van der Waals surface area contributed by atoms with Gasteiger partial charge in [-0.15, -0.1) is 0 Å². The van der Waals surface area contributed by atoms with Crippen molar-refractivity contribution in [2.24, 2.45) is 0 Å². The Labute approximate surface area is 89.3 Å². The lowest BCUT2D eigenvalue weighted by Gasteiger charge is -1.95. The van der Waals surface area contributed by atoms with E-state index in [2.05, 4.69) is 0 Å². The normalized spacial score (nSPS) is 10.7. The van der Waals surface area contributed by atoms with Gasteiger partial charge in [-0.2, -0.15) is 0 Å². The van der Waals surface area contributed by atoms with E-state index in [4.69, 9.17) is 0 Å². The molecular weight excluding hydrogens is 184 g/mol. The quantitative estimate of drug-likeness (QED) is 0.728. The number of hydrogen-bond donors (Lipinski definition) is 1. The number of phenols is 1. The van der Waals surface area contributed by atoms with Crippen molar-refractivity contribution >= 4 is 12.2 Å². The van der Waals surface area contributed by atoms with Crippen molar-refractivity contribution in [3.05, 3.63) is 65.7 Å². The van der Waals surface area contributed by atoms with Gasteiger partial charge in [0, 0.05) is 0 Å². The molecule has 0 radical (unpaired) electrons. The molecule has 0 atom stereocenters. The maximum atomic E-state index is 9.28. The second kappa shape index (κ2) is 4.47. The molecule has 2 aromatic rings. The Hall–Kier alpha value is -2.02. The van der Waals surface area contributed by atoms with E-state index in [-0.39, 0.29) is 0 Å². The molecule has 2 aromatic carbocycles. The zero-order chi connectivity index (χ0) is 10.5. The molecule has 0 spiro atoms. The molecule has 0 saturated heterocycles. The van der Waals surface area contributed by atoms with Gasteiger partial charge in [-0.3, -0.25) is 0 Å². The maximum absolute atomic E-state index is 9.28. The van der Waals surface area contributed by atoms with Crippen molar-refractivity contribution in [2.75, 3.05) is 0 Å². The molecule has 0 aliphatic rings. The third-order valence-corrected chi connectivity index (χ3v) is 2.14. The average Bonchev–Trinajstić information content (AvgIpc) is 2.28. The zero-order valence-corrected chi connectivity index (χ0v) is 8.30. The molecule has 74 valence electrons. The van der Waals surface area contributed by atoms with Crippen LogP contribution in [-0.2, 0) is 0 Å². The number of phenolic OH excluding ortho intramolecular Hbond substituents is 1. The minimum atomic E-state index is 0.296. The minimum Gasteiger partial charge on any atom is -0.508 e. The SMILES string of the molecule is Oc1cccc(/C=C\c2ccccc2)c1. The lowest BCUT2D eigenvalue weighted by atomic mass is 10.1. The number of aromatic hydroxyl groups is 1. The molecule has 1 nitrogen and oxygen atoms in total. The van der Waals surface area contributed by atoms with Gasteiger partial charge in [0.05, 0.1) is 0 Å². The summed E-state index contributed by atoms with van der Waals surface area (Å²) < 4.78 is 0. The highest BCUT2D eigenvalue weighted by molar-refractivity contribution is 5.69. The Kier molecular flexibility index (Phi) is 2.84. The molecule has 0 amide bonds. The van der Waals surface area contributed by atoms with Gasteiger partial charge in [0.1, 0.15) is 5.75 Å². The maximum Gasteiger partial charge on any atom is 0.116 e. The molecule has 0 aliphatic heterocycles. The topological polar surface area (TPSA) is 20.2 Å². The first-order chi connectivity index (χ1) is 7.34. The molecule has 15 heavy (non-hydrogen) atoms. The van der Waals surface area contributed by atoms with Crippen LogP contribution < -0.4 is 0 Å². The zero-order valence-electron chi connectivity index (χ0n) is 8.30. The largest absolute Gasteiger partial charge is 0.508 e. The van der Waals surface area contributed by atoms with Gasteiger partial charge < -0.3 is 5.11 Å². The fraction of sp³-hybridized carbons (Fsp3) is 0. The van der Waals surface area contributed by atoms with Crippen molar-refractivity contribution in [2.45, 2.75) is 0 Å². The van der Waals surface area contributed by atoms with Crippen LogP contribution >= 0.6 is 0 Å². The smallest absolute Gasteiger partial charge is 0.116 e. The Balaban J connectivity index is 2.19. The lowest BCUT2D eigenvalue weighted by molar-refractivity contribution is 0.475. The van der Waals surface area contributed by atoms with Gasteiger partial charge in [0.15, 0.2) is 0 Å². The second-order valence-electron chi connectivity index (χ2n) is 3.34. The Morgan fingerprint density at radius 1 is 0.733 bits per heavy atom. The van der Waals surface area contributed by atoms with Gasteiger partial charge in [-0.05, 0) is 23.3 Å². The monoisotopic (exact) mass is 196 g/mol. The van der Waals surface area contributed by atoms with Crippen LogP contribution in [0.15, 0.2) is 54.6 Å². The van der Waals surface area contributed by atoms with Crippen molar-refractivity contribution in [3.8, 4) is 5.75 Å². The fourth-order valence-electron chi connectivity index (χ4n) is 1.39. The third kappa shape index (κ3) is 2.71. The van der Waals surface area contributed by atoms with E-state index in [1.54, 1.807) is 12.1 Å². The molecule has 0 fully saturated rings. The molecule has 1 N–H and O–H groups in total. The van der Waals surface area contributed by atoms with Crippen molar-refractivity contribution in [1.29, 1.82) is 0 Å². The van der Waals surface area contributed by atoms with Crippen LogP contribution in [0.25, 0.3) is 12.2 Å². The summed E-state index contributed by atoms with van der Waals surface area (Å²) >= 11 is 0. The van der Waals surface area contributed by atoms with Gasteiger partial charge in [0.25, 0.3) is 0 Å². The molecule has 0 saturated carbocycles. The van der Waals surface area contributed by atoms with Crippen molar-refractivity contribution in [1.82, 2.24) is 0 Å². The highest BCUT2D eigenvalue weighted by Crippen LogP contribution is 2.13. The standard InChI is InChI=1S/C14H12O/c15-14-8-4-7-13(11-14)10-9-12-5-2-1-3-6-12/h1-11,15H/b10-9-. The lowest BCUT2D eigenvalue weighted by Crippen LogP contribution is -1.72. The summed E-state index contributed by atoms with van der Waals surface area (Å²) in [6, 6.07) is 17.3. The first-order valence-electron chi connectivity index (χ1n) is 4.87. The minimum absolute atomic E-state index is 0.296. The molecule has 1 heteroatoms. The van der Waals surface area contributed by atoms with Crippen molar-refractivity contribution < 1.29 is 5.11 Å². The van der Waals surface area contributed by atoms with E-state index >= 15 is 0 Å². The van der Waals surface area contributed by atoms with Gasteiger partial charge in [-0.1, -0.05) is 54.6 Å². The van der Waals surface area contributed by atoms with Crippen LogP contribution in [0, 0.1) is 0 Å². The van der Waals surface area contributed by atoms with E-state index in [9.17, 15) is 5.11 Å². The Bertz CT molecular complexity index is 458. The molecule has 0 bridgehead atoms. The molecule has 0 aliphatic carbocycles. The summed E-state index contributed by atoms with van der Waals surface area (Å²) in [6.07, 6.45) is 4.00. The molecule has 0 heterocycles. The average molecular weight is 196 g/mol. The summed E-state index contributed by atoms with van der Waals surface area (Å²) in [5.41, 5.74) is 2.15. The van der Waals surface area contributed by atoms with Gasteiger partial charge in [0.2, 0.25) is 0 Å². The molecule has 0 aromatic heterocycles. The van der Waals surface area contributed by atoms with Gasteiger partial charge >= 0.3 is 0 Å². The van der Waals surface area contributed by atoms with Gasteiger partial charge in [-0.25, -0.2) is 0 Å². The highest BCUT2D eigenvalue weighted by Gasteiger charge is 1.89. The summed E-state index contributed by atoms with van der Waals surface area (Å²) in [5, 5.41) is 9.28. The number of hydrogen-bond acceptors (Lipinski definition) is 1. The summed E-state index contributed by atoms with van der Waals surface area (Å²) in [6.45, 7) is 0. The molecule has 2 rings (SSSR count). The summed E-state index contributed by atoms with van der Waals surface area (Å²) in [5.74, 6) is 0.296. The molecule has 0 unspecified atom stereocenters. The van der Waals surface area contributed by atoms with E-state index in [0.717, 1.165) is 11.1 Å². The van der Waals surface area contributed by atoms with E-state index in [1.807, 2.05) is 54.6 Å². The Morgan fingerprint density at radius 3 is 2.13 bits per heavy atom. The predicted octanol–water partition coefficient (Wildman–Crippen LogP) is 3.56. The van der Waals surface area contributed by atoms with Crippen LogP contribution in [0.1, 0.15) is 11.1 Å². The summed E-state index contributed by atoms with van der Waals surface area (Å²) in [4.78, 5) is 0. The van der Waals surface area contributed by atoms with E-state index in [0.29, 0.717) is 5.75 Å². The van der Waals surface area contributed by atoms with Crippen LogP contribution in [0.3, 0.4) is 0 Å². The third-order valence-electron chi connectivity index (χ3n) is 2.14. The molecular formula is C14H12O. The van der Waals surface area contributed by atoms with Crippen LogP contribution in [-0.4, -0.2) is 5.11 Å². The first kappa shape index (κ1) is 9.53. The first-order valence-corrected chi connectivity index (χ1v) is 4.87. The Morgan fingerprint density at radius 2 is 1.40 bits per heavy atom.